The monoisotopic (exact) mass is 396 g/mol. The van der Waals surface area contributed by atoms with E-state index >= 15 is 0 Å². The van der Waals surface area contributed by atoms with Crippen LogP contribution >= 0.6 is 0 Å². The zero-order valence-electron chi connectivity index (χ0n) is 18.7. The Bertz CT molecular complexity index is 411. The maximum atomic E-state index is 12.2. The molecule has 28 heavy (non-hydrogen) atoms. The molecule has 0 radical (unpaired) electrons. The maximum absolute atomic E-state index is 12.2. The van der Waals surface area contributed by atoms with E-state index in [9.17, 15) is 9.59 Å². The molecular weight excluding hydrogens is 352 g/mol. The Morgan fingerprint density at radius 2 is 1.14 bits per heavy atom. The molecule has 0 spiro atoms. The molecule has 0 saturated heterocycles. The number of unbranched alkanes of at least 4 members (excludes halogenated alkanes) is 7. The van der Waals surface area contributed by atoms with Gasteiger partial charge in [0.05, 0.1) is 25.0 Å². The molecular formula is C24H44O4. The van der Waals surface area contributed by atoms with Gasteiger partial charge in [-0.1, -0.05) is 72.1 Å². The van der Waals surface area contributed by atoms with Crippen molar-refractivity contribution in [2.45, 2.75) is 111 Å². The van der Waals surface area contributed by atoms with Gasteiger partial charge in [-0.3, -0.25) is 9.59 Å². The van der Waals surface area contributed by atoms with Gasteiger partial charge in [0.2, 0.25) is 0 Å². The summed E-state index contributed by atoms with van der Waals surface area (Å²) >= 11 is 0. The maximum Gasteiger partial charge on any atom is 0.308 e. The summed E-state index contributed by atoms with van der Waals surface area (Å²) in [6, 6.07) is 0. The number of ether oxygens (including phenoxy) is 2. The SMILES string of the molecule is CCCCCCCOC(=O)C1CCC(C(=O)OCCCCCCC(C)C)CC1. The van der Waals surface area contributed by atoms with Crippen LogP contribution in [0.5, 0.6) is 0 Å². The molecule has 0 aromatic rings. The second kappa shape index (κ2) is 15.8. The average Bonchev–Trinajstić information content (AvgIpc) is 2.69. The van der Waals surface area contributed by atoms with E-state index in [0.29, 0.717) is 13.2 Å². The quantitative estimate of drug-likeness (QED) is 0.235. The Kier molecular flexibility index (Phi) is 14.1. The molecule has 0 bridgehead atoms. The number of carbonyl (C=O) groups is 2. The van der Waals surface area contributed by atoms with Crippen molar-refractivity contribution in [3.8, 4) is 0 Å². The predicted octanol–water partition coefficient (Wildman–Crippen LogP) is 6.46. The van der Waals surface area contributed by atoms with Crippen LogP contribution in [0.15, 0.2) is 0 Å². The van der Waals surface area contributed by atoms with Gasteiger partial charge in [-0.15, -0.1) is 0 Å². The second-order valence-electron chi connectivity index (χ2n) is 8.89. The lowest BCUT2D eigenvalue weighted by Crippen LogP contribution is -2.28. The van der Waals surface area contributed by atoms with Gasteiger partial charge >= 0.3 is 11.9 Å². The normalized spacial score (nSPS) is 19.6. The Balaban J connectivity index is 2.05. The molecule has 1 aliphatic rings. The minimum atomic E-state index is -0.0660. The van der Waals surface area contributed by atoms with Crippen LogP contribution in [0.1, 0.15) is 111 Å². The molecule has 0 atom stereocenters. The van der Waals surface area contributed by atoms with Crippen molar-refractivity contribution in [1.29, 1.82) is 0 Å². The van der Waals surface area contributed by atoms with Crippen LogP contribution in [-0.4, -0.2) is 25.2 Å². The highest BCUT2D eigenvalue weighted by Crippen LogP contribution is 2.30. The highest BCUT2D eigenvalue weighted by Gasteiger charge is 2.31. The van der Waals surface area contributed by atoms with Crippen molar-refractivity contribution in [3.63, 3.8) is 0 Å². The molecule has 0 aliphatic heterocycles. The fraction of sp³-hybridized carbons (Fsp3) is 0.917. The van der Waals surface area contributed by atoms with Gasteiger partial charge < -0.3 is 9.47 Å². The van der Waals surface area contributed by atoms with Gasteiger partial charge in [-0.25, -0.2) is 0 Å². The van der Waals surface area contributed by atoms with Gasteiger partial charge in [0.1, 0.15) is 0 Å². The number of hydrogen-bond donors (Lipinski definition) is 0. The highest BCUT2D eigenvalue weighted by molar-refractivity contribution is 5.75. The van der Waals surface area contributed by atoms with Crippen LogP contribution < -0.4 is 0 Å². The molecule has 1 fully saturated rings. The van der Waals surface area contributed by atoms with Crippen molar-refractivity contribution in [2.75, 3.05) is 13.2 Å². The fourth-order valence-electron chi connectivity index (χ4n) is 3.86. The largest absolute Gasteiger partial charge is 0.465 e. The topological polar surface area (TPSA) is 52.6 Å². The van der Waals surface area contributed by atoms with E-state index in [4.69, 9.17) is 9.47 Å². The first-order valence-electron chi connectivity index (χ1n) is 11.9. The van der Waals surface area contributed by atoms with Crippen molar-refractivity contribution in [1.82, 2.24) is 0 Å². The van der Waals surface area contributed by atoms with E-state index in [1.165, 1.54) is 38.5 Å². The molecule has 0 aromatic carbocycles. The summed E-state index contributed by atoms with van der Waals surface area (Å²) in [5.41, 5.74) is 0. The summed E-state index contributed by atoms with van der Waals surface area (Å²) in [5.74, 6) is 0.587. The molecule has 0 unspecified atom stereocenters. The first-order valence-corrected chi connectivity index (χ1v) is 11.9. The highest BCUT2D eigenvalue weighted by atomic mass is 16.5. The Hall–Kier alpha value is -1.06. The first kappa shape index (κ1) is 25.0. The molecule has 1 saturated carbocycles. The summed E-state index contributed by atoms with van der Waals surface area (Å²) in [6.07, 6.45) is 14.7. The van der Waals surface area contributed by atoms with Gasteiger partial charge in [-0.2, -0.15) is 0 Å². The zero-order valence-corrected chi connectivity index (χ0v) is 18.7. The molecule has 1 aliphatic carbocycles. The number of hydrogen-bond acceptors (Lipinski definition) is 4. The average molecular weight is 397 g/mol. The zero-order chi connectivity index (χ0) is 20.6. The van der Waals surface area contributed by atoms with Gasteiger partial charge in [0.15, 0.2) is 0 Å². The lowest BCUT2D eigenvalue weighted by molar-refractivity contribution is -0.155. The minimum Gasteiger partial charge on any atom is -0.465 e. The van der Waals surface area contributed by atoms with Crippen LogP contribution in [-0.2, 0) is 19.1 Å². The predicted molar refractivity (Wildman–Crippen MR) is 114 cm³/mol. The number of esters is 2. The van der Waals surface area contributed by atoms with E-state index in [-0.39, 0.29) is 23.8 Å². The van der Waals surface area contributed by atoms with E-state index < -0.39 is 0 Å². The second-order valence-corrected chi connectivity index (χ2v) is 8.89. The molecule has 4 heteroatoms. The lowest BCUT2D eigenvalue weighted by Gasteiger charge is -2.26. The first-order chi connectivity index (χ1) is 13.5. The summed E-state index contributed by atoms with van der Waals surface area (Å²) in [6.45, 7) is 7.79. The standard InChI is InChI=1S/C24H44O4/c1-4-5-6-8-11-18-27-23(25)21-14-16-22(17-15-21)24(26)28-19-12-9-7-10-13-20(2)3/h20-22H,4-19H2,1-3H3. The van der Waals surface area contributed by atoms with Gasteiger partial charge in [-0.05, 0) is 44.4 Å². The molecule has 1 rings (SSSR count). The van der Waals surface area contributed by atoms with Crippen LogP contribution in [0.3, 0.4) is 0 Å². The number of rotatable bonds is 15. The molecule has 0 amide bonds. The van der Waals surface area contributed by atoms with Crippen LogP contribution in [0.2, 0.25) is 0 Å². The molecule has 0 aromatic heterocycles. The molecule has 0 heterocycles. The summed E-state index contributed by atoms with van der Waals surface area (Å²) < 4.78 is 10.9. The lowest BCUT2D eigenvalue weighted by atomic mass is 9.82. The van der Waals surface area contributed by atoms with Gasteiger partial charge in [0, 0.05) is 0 Å². The van der Waals surface area contributed by atoms with Crippen molar-refractivity contribution < 1.29 is 19.1 Å². The third kappa shape index (κ3) is 11.7. The fourth-order valence-corrected chi connectivity index (χ4v) is 3.86. The van der Waals surface area contributed by atoms with E-state index in [0.717, 1.165) is 57.3 Å². The summed E-state index contributed by atoms with van der Waals surface area (Å²) in [5, 5.41) is 0. The van der Waals surface area contributed by atoms with Gasteiger partial charge in [0.25, 0.3) is 0 Å². The Labute approximate surface area is 173 Å². The molecule has 4 nitrogen and oxygen atoms in total. The Morgan fingerprint density at radius 3 is 1.57 bits per heavy atom. The summed E-state index contributed by atoms with van der Waals surface area (Å²) in [7, 11) is 0. The smallest absolute Gasteiger partial charge is 0.308 e. The van der Waals surface area contributed by atoms with E-state index in [2.05, 4.69) is 20.8 Å². The van der Waals surface area contributed by atoms with Crippen molar-refractivity contribution in [3.05, 3.63) is 0 Å². The Morgan fingerprint density at radius 1 is 0.714 bits per heavy atom. The van der Waals surface area contributed by atoms with E-state index in [1.807, 2.05) is 0 Å². The third-order valence-corrected chi connectivity index (χ3v) is 5.81. The van der Waals surface area contributed by atoms with Crippen LogP contribution in [0.4, 0.5) is 0 Å². The van der Waals surface area contributed by atoms with Crippen molar-refractivity contribution in [2.24, 2.45) is 17.8 Å². The third-order valence-electron chi connectivity index (χ3n) is 5.81. The summed E-state index contributed by atoms with van der Waals surface area (Å²) in [4.78, 5) is 24.4. The number of carbonyl (C=O) groups excluding carboxylic acids is 2. The van der Waals surface area contributed by atoms with Crippen LogP contribution in [0, 0.1) is 17.8 Å². The molecule has 0 N–H and O–H groups in total. The molecule has 164 valence electrons. The van der Waals surface area contributed by atoms with Crippen LogP contribution in [0.25, 0.3) is 0 Å². The van der Waals surface area contributed by atoms with E-state index in [1.54, 1.807) is 0 Å². The minimum absolute atomic E-state index is 0.0272. The van der Waals surface area contributed by atoms with Crippen molar-refractivity contribution >= 4 is 11.9 Å².